The zero-order chi connectivity index (χ0) is 18.4. The van der Waals surface area contributed by atoms with E-state index in [0.717, 1.165) is 23.4 Å². The van der Waals surface area contributed by atoms with Crippen molar-refractivity contribution in [2.24, 2.45) is 0 Å². The molecule has 3 N–H and O–H groups in total. The van der Waals surface area contributed by atoms with Crippen molar-refractivity contribution < 1.29 is 14.6 Å². The summed E-state index contributed by atoms with van der Waals surface area (Å²) < 4.78 is 5.16. The molecule has 6 heteroatoms. The molecule has 1 saturated heterocycles. The summed E-state index contributed by atoms with van der Waals surface area (Å²) in [6.07, 6.45) is 1.02. The Bertz CT molecular complexity index is 724. The fourth-order valence-electron chi connectivity index (χ4n) is 3.52. The lowest BCUT2D eigenvalue weighted by atomic mass is 9.79. The summed E-state index contributed by atoms with van der Waals surface area (Å²) in [6.45, 7) is 1.22. The van der Waals surface area contributed by atoms with E-state index < -0.39 is 11.6 Å². The zero-order valence-electron chi connectivity index (χ0n) is 15.5. The van der Waals surface area contributed by atoms with E-state index in [1.165, 1.54) is 0 Å². The topological polar surface area (TPSA) is 70.6 Å². The maximum absolute atomic E-state index is 12.7. The van der Waals surface area contributed by atoms with Gasteiger partial charge >= 0.3 is 0 Å². The summed E-state index contributed by atoms with van der Waals surface area (Å²) in [5.74, 6) is 0.754. The molecule has 146 valence electrons. The number of β-amino-alcohol motifs (C(OH)–C–C–N with tert-alkyl or cyclic N) is 1. The molecular formula is C21H27ClN2O3. The number of aliphatic hydroxyl groups excluding tert-OH is 1. The lowest BCUT2D eigenvalue weighted by Gasteiger charge is -2.43. The number of methoxy groups -OCH3 is 1. The van der Waals surface area contributed by atoms with Crippen LogP contribution in [0.5, 0.6) is 5.75 Å². The minimum absolute atomic E-state index is 0. The number of ether oxygens (including phenoxy) is 1. The van der Waals surface area contributed by atoms with Gasteiger partial charge in [-0.15, -0.1) is 12.4 Å². The van der Waals surface area contributed by atoms with E-state index in [4.69, 9.17) is 4.74 Å². The molecule has 1 heterocycles. The summed E-state index contributed by atoms with van der Waals surface area (Å²) in [5, 5.41) is 17.0. The second-order valence-corrected chi connectivity index (χ2v) is 6.70. The number of amides is 1. The Labute approximate surface area is 166 Å². The van der Waals surface area contributed by atoms with Crippen LogP contribution >= 0.6 is 12.4 Å². The van der Waals surface area contributed by atoms with Crippen molar-refractivity contribution in [3.8, 4) is 5.75 Å². The Morgan fingerprint density at radius 1 is 1.22 bits per heavy atom. The molecule has 3 rings (SSSR count). The smallest absolute Gasteiger partial charge is 0.221 e. The van der Waals surface area contributed by atoms with Gasteiger partial charge in [-0.05, 0) is 42.6 Å². The summed E-state index contributed by atoms with van der Waals surface area (Å²) in [7, 11) is 1.63. The zero-order valence-corrected chi connectivity index (χ0v) is 16.3. The molecule has 0 aliphatic carbocycles. The van der Waals surface area contributed by atoms with Crippen LogP contribution in [0.15, 0.2) is 54.6 Å². The van der Waals surface area contributed by atoms with Crippen LogP contribution in [0.3, 0.4) is 0 Å². The SMILES string of the molecule is COc1ccc(CCC(=O)N[C@]2(c3ccccc3)CCNC[C@H]2O)cc1.Cl. The molecule has 0 bridgehead atoms. The second-order valence-electron chi connectivity index (χ2n) is 6.70. The fourth-order valence-corrected chi connectivity index (χ4v) is 3.52. The molecule has 2 atom stereocenters. The number of rotatable bonds is 6. The predicted molar refractivity (Wildman–Crippen MR) is 108 cm³/mol. The van der Waals surface area contributed by atoms with Gasteiger partial charge in [0.2, 0.25) is 5.91 Å². The highest BCUT2D eigenvalue weighted by atomic mass is 35.5. The van der Waals surface area contributed by atoms with E-state index in [1.54, 1.807) is 7.11 Å². The van der Waals surface area contributed by atoms with Gasteiger partial charge in [0.25, 0.3) is 0 Å². The van der Waals surface area contributed by atoms with Crippen molar-refractivity contribution in [2.75, 3.05) is 20.2 Å². The Morgan fingerprint density at radius 3 is 2.56 bits per heavy atom. The average Bonchev–Trinajstić information content (AvgIpc) is 2.69. The third-order valence-electron chi connectivity index (χ3n) is 5.05. The van der Waals surface area contributed by atoms with E-state index >= 15 is 0 Å². The van der Waals surface area contributed by atoms with Crippen molar-refractivity contribution in [1.29, 1.82) is 0 Å². The first-order valence-corrected chi connectivity index (χ1v) is 9.02. The van der Waals surface area contributed by atoms with E-state index in [2.05, 4.69) is 10.6 Å². The fraction of sp³-hybridized carbons (Fsp3) is 0.381. The van der Waals surface area contributed by atoms with Crippen LogP contribution in [-0.4, -0.2) is 37.3 Å². The van der Waals surface area contributed by atoms with Crippen LogP contribution in [0.4, 0.5) is 0 Å². The van der Waals surface area contributed by atoms with Gasteiger partial charge in [0.15, 0.2) is 0 Å². The van der Waals surface area contributed by atoms with Gasteiger partial charge in [0.05, 0.1) is 18.8 Å². The number of hydrogen-bond acceptors (Lipinski definition) is 4. The van der Waals surface area contributed by atoms with Crippen molar-refractivity contribution in [3.63, 3.8) is 0 Å². The monoisotopic (exact) mass is 390 g/mol. The highest BCUT2D eigenvalue weighted by Crippen LogP contribution is 2.31. The number of nitrogens with one attached hydrogen (secondary N) is 2. The van der Waals surface area contributed by atoms with Crippen LogP contribution in [-0.2, 0) is 16.8 Å². The first-order valence-electron chi connectivity index (χ1n) is 9.02. The normalized spacial score (nSPS) is 21.8. The van der Waals surface area contributed by atoms with Gasteiger partial charge in [0.1, 0.15) is 5.75 Å². The molecule has 0 unspecified atom stereocenters. The molecule has 1 fully saturated rings. The number of benzene rings is 2. The maximum Gasteiger partial charge on any atom is 0.221 e. The van der Waals surface area contributed by atoms with Crippen molar-refractivity contribution in [2.45, 2.75) is 30.9 Å². The van der Waals surface area contributed by atoms with Crippen LogP contribution in [0.1, 0.15) is 24.0 Å². The van der Waals surface area contributed by atoms with Crippen LogP contribution in [0.25, 0.3) is 0 Å². The molecule has 2 aromatic carbocycles. The number of aryl methyl sites for hydroxylation is 1. The molecule has 0 aromatic heterocycles. The first-order chi connectivity index (χ1) is 12.6. The van der Waals surface area contributed by atoms with Gasteiger partial charge in [-0.25, -0.2) is 0 Å². The van der Waals surface area contributed by atoms with Crippen LogP contribution in [0.2, 0.25) is 0 Å². The van der Waals surface area contributed by atoms with Gasteiger partial charge in [0, 0.05) is 13.0 Å². The lowest BCUT2D eigenvalue weighted by molar-refractivity contribution is -0.125. The highest BCUT2D eigenvalue weighted by molar-refractivity contribution is 5.85. The van der Waals surface area contributed by atoms with Gasteiger partial charge in [-0.3, -0.25) is 4.79 Å². The van der Waals surface area contributed by atoms with Crippen LogP contribution < -0.4 is 15.4 Å². The predicted octanol–water partition coefficient (Wildman–Crippen LogP) is 2.42. The van der Waals surface area contributed by atoms with Crippen molar-refractivity contribution >= 4 is 18.3 Å². The average molecular weight is 391 g/mol. The third kappa shape index (κ3) is 5.01. The standard InChI is InChI=1S/C21H26N2O3.ClH/c1-26-18-10-7-16(8-11-18)9-12-20(25)23-21(13-14-22-15-19(21)24)17-5-3-2-4-6-17;/h2-8,10-11,19,22,24H,9,12-15H2,1H3,(H,23,25);1H/t19-,21+;/m1./s1. The molecule has 1 aliphatic heterocycles. The summed E-state index contributed by atoms with van der Waals surface area (Å²) in [5.41, 5.74) is 1.30. The second kappa shape index (κ2) is 9.74. The Kier molecular flexibility index (Phi) is 7.66. The molecule has 5 nitrogen and oxygen atoms in total. The number of halogens is 1. The molecule has 0 spiro atoms. The van der Waals surface area contributed by atoms with E-state index in [0.29, 0.717) is 25.8 Å². The molecule has 2 aromatic rings. The molecule has 1 aliphatic rings. The van der Waals surface area contributed by atoms with E-state index in [1.807, 2.05) is 54.6 Å². The van der Waals surface area contributed by atoms with Crippen molar-refractivity contribution in [1.82, 2.24) is 10.6 Å². The summed E-state index contributed by atoms with van der Waals surface area (Å²) >= 11 is 0. The summed E-state index contributed by atoms with van der Waals surface area (Å²) in [4.78, 5) is 12.7. The number of carbonyl (C=O) groups is 1. The molecule has 1 amide bonds. The van der Waals surface area contributed by atoms with Crippen molar-refractivity contribution in [3.05, 3.63) is 65.7 Å². The minimum atomic E-state index is -0.733. The Hall–Kier alpha value is -2.08. The molecule has 27 heavy (non-hydrogen) atoms. The van der Waals surface area contributed by atoms with Gasteiger partial charge in [-0.1, -0.05) is 42.5 Å². The quantitative estimate of drug-likeness (QED) is 0.708. The third-order valence-corrected chi connectivity index (χ3v) is 5.05. The summed E-state index contributed by atoms with van der Waals surface area (Å²) in [6, 6.07) is 17.5. The van der Waals surface area contributed by atoms with Gasteiger partial charge in [-0.2, -0.15) is 0 Å². The Balaban J connectivity index is 0.00000261. The number of hydrogen-bond donors (Lipinski definition) is 3. The number of piperidine rings is 1. The molecule has 0 saturated carbocycles. The molecule has 0 radical (unpaired) electrons. The lowest BCUT2D eigenvalue weighted by Crippen LogP contribution is -2.61. The van der Waals surface area contributed by atoms with E-state index in [9.17, 15) is 9.90 Å². The molecular weight excluding hydrogens is 364 g/mol. The maximum atomic E-state index is 12.7. The number of aliphatic hydroxyl groups is 1. The number of carbonyl (C=O) groups excluding carboxylic acids is 1. The van der Waals surface area contributed by atoms with Crippen LogP contribution in [0, 0.1) is 0 Å². The van der Waals surface area contributed by atoms with E-state index in [-0.39, 0.29) is 18.3 Å². The van der Waals surface area contributed by atoms with Gasteiger partial charge < -0.3 is 20.5 Å². The highest BCUT2D eigenvalue weighted by Gasteiger charge is 2.42. The Morgan fingerprint density at radius 2 is 1.93 bits per heavy atom. The largest absolute Gasteiger partial charge is 0.497 e. The first kappa shape index (κ1) is 21.2. The minimum Gasteiger partial charge on any atom is -0.497 e.